The Morgan fingerprint density at radius 2 is 1.83 bits per heavy atom. The molecule has 0 spiro atoms. The molecule has 1 aromatic carbocycles. The van der Waals surface area contributed by atoms with Crippen molar-refractivity contribution in [2.45, 2.75) is 72.3 Å². The molecule has 2 N–H and O–H groups in total. The molecule has 0 bridgehead atoms. The maximum Gasteiger partial charge on any atom is 0.326 e. The van der Waals surface area contributed by atoms with Crippen LogP contribution in [0.3, 0.4) is 0 Å². The first-order chi connectivity index (χ1) is 16.5. The van der Waals surface area contributed by atoms with Crippen LogP contribution < -0.4 is 5.32 Å². The Bertz CT molecular complexity index is 1110. The summed E-state index contributed by atoms with van der Waals surface area (Å²) in [5.74, 6) is -0.680. The molecular formula is C30H37NO4. The Kier molecular flexibility index (Phi) is 6.90. The van der Waals surface area contributed by atoms with Crippen molar-refractivity contribution in [3.8, 4) is 0 Å². The van der Waals surface area contributed by atoms with E-state index in [0.717, 1.165) is 31.2 Å². The van der Waals surface area contributed by atoms with E-state index in [9.17, 15) is 19.5 Å². The van der Waals surface area contributed by atoms with Crippen molar-refractivity contribution in [2.24, 2.45) is 22.7 Å². The van der Waals surface area contributed by atoms with Crippen molar-refractivity contribution < 1.29 is 19.5 Å². The Balaban J connectivity index is 1.52. The second-order valence-corrected chi connectivity index (χ2v) is 11.2. The molecule has 0 heterocycles. The first-order valence-corrected chi connectivity index (χ1v) is 12.8. The number of hydrogen-bond donors (Lipinski definition) is 2. The molecule has 3 aliphatic carbocycles. The van der Waals surface area contributed by atoms with Crippen molar-refractivity contribution >= 4 is 17.5 Å². The fourth-order valence-corrected chi connectivity index (χ4v) is 6.71. The van der Waals surface area contributed by atoms with E-state index in [1.165, 1.54) is 17.7 Å². The van der Waals surface area contributed by atoms with E-state index in [1.54, 1.807) is 0 Å². The Morgan fingerprint density at radius 3 is 2.51 bits per heavy atom. The quantitative estimate of drug-likeness (QED) is 0.406. The van der Waals surface area contributed by atoms with Crippen LogP contribution in [0.25, 0.3) is 0 Å². The number of carboxylic acids is 1. The van der Waals surface area contributed by atoms with Crippen LogP contribution >= 0.6 is 0 Å². The summed E-state index contributed by atoms with van der Waals surface area (Å²) in [5, 5.41) is 12.5. The summed E-state index contributed by atoms with van der Waals surface area (Å²) in [4.78, 5) is 38.1. The number of carboxylic acid groups (broad SMARTS) is 1. The molecule has 0 aromatic heterocycles. The lowest BCUT2D eigenvalue weighted by atomic mass is 9.46. The van der Waals surface area contributed by atoms with Gasteiger partial charge in [0.1, 0.15) is 6.04 Å². The Hall–Kier alpha value is -2.95. The molecule has 186 valence electrons. The molecular weight excluding hydrogens is 438 g/mol. The van der Waals surface area contributed by atoms with Crippen LogP contribution in [-0.4, -0.2) is 28.7 Å². The SMILES string of the molecule is CC1=CCC[C@H]2[C@](C)(CC3=CC(=O)C(N[C@@H](Cc4ccccc4)C(=O)O)=CC3=O)[C@@H](C)CC[C@]12C. The third-order valence-corrected chi connectivity index (χ3v) is 9.24. The second-order valence-electron chi connectivity index (χ2n) is 11.2. The van der Waals surface area contributed by atoms with E-state index >= 15 is 0 Å². The van der Waals surface area contributed by atoms with Crippen LogP contribution in [0, 0.1) is 22.7 Å². The highest BCUT2D eigenvalue weighted by Gasteiger charge is 2.53. The highest BCUT2D eigenvalue weighted by Crippen LogP contribution is 2.62. The largest absolute Gasteiger partial charge is 0.480 e. The van der Waals surface area contributed by atoms with Crippen molar-refractivity contribution in [1.29, 1.82) is 0 Å². The summed E-state index contributed by atoms with van der Waals surface area (Å²) in [6.07, 6.45) is 10.3. The maximum atomic E-state index is 13.2. The summed E-state index contributed by atoms with van der Waals surface area (Å²) in [6.45, 7) is 9.20. The number of rotatable bonds is 7. The van der Waals surface area contributed by atoms with Crippen LogP contribution in [0.5, 0.6) is 0 Å². The average molecular weight is 476 g/mol. The molecule has 0 amide bonds. The maximum absolute atomic E-state index is 13.2. The van der Waals surface area contributed by atoms with Gasteiger partial charge in [-0.25, -0.2) is 4.79 Å². The number of allylic oxidation sites excluding steroid dienone is 5. The van der Waals surface area contributed by atoms with Gasteiger partial charge in [-0.3, -0.25) is 9.59 Å². The molecule has 0 radical (unpaired) electrons. The highest BCUT2D eigenvalue weighted by molar-refractivity contribution is 6.19. The van der Waals surface area contributed by atoms with E-state index in [1.807, 2.05) is 30.3 Å². The van der Waals surface area contributed by atoms with Gasteiger partial charge in [-0.05, 0) is 73.3 Å². The standard InChI is InChI=1S/C30H37NO4/c1-19-9-8-12-27-29(19,3)14-13-20(2)30(27,4)18-22-16-26(33)23(17-25(22)32)31-24(28(34)35)15-21-10-6-5-7-11-21/h5-7,9-11,16-17,20,24,27,31H,8,12-15,18H2,1-4H3,(H,34,35)/t20-,24-,27+,29+,30+/m0/s1. The molecule has 0 unspecified atom stereocenters. The number of nitrogens with one attached hydrogen (secondary N) is 1. The molecule has 5 heteroatoms. The van der Waals surface area contributed by atoms with Gasteiger partial charge in [0.05, 0.1) is 5.70 Å². The van der Waals surface area contributed by atoms with Crippen LogP contribution in [0.4, 0.5) is 0 Å². The van der Waals surface area contributed by atoms with Gasteiger partial charge in [-0.15, -0.1) is 0 Å². The second kappa shape index (κ2) is 9.60. The Morgan fingerprint density at radius 1 is 1.11 bits per heavy atom. The van der Waals surface area contributed by atoms with Crippen LogP contribution in [0.2, 0.25) is 0 Å². The molecule has 0 aliphatic heterocycles. The average Bonchev–Trinajstić information content (AvgIpc) is 2.81. The van der Waals surface area contributed by atoms with Gasteiger partial charge in [0.2, 0.25) is 5.78 Å². The predicted molar refractivity (Wildman–Crippen MR) is 137 cm³/mol. The molecule has 1 aromatic rings. The number of aliphatic carboxylic acids is 1. The lowest BCUT2D eigenvalue weighted by Crippen LogP contribution is -2.50. The molecule has 5 atom stereocenters. The predicted octanol–water partition coefficient (Wildman–Crippen LogP) is 5.42. The number of benzene rings is 1. The first-order valence-electron chi connectivity index (χ1n) is 12.8. The zero-order valence-corrected chi connectivity index (χ0v) is 21.3. The number of carbonyl (C=O) groups excluding carboxylic acids is 2. The minimum absolute atomic E-state index is 0.0604. The minimum atomic E-state index is -1.06. The van der Waals surface area contributed by atoms with Gasteiger partial charge >= 0.3 is 5.97 Å². The van der Waals surface area contributed by atoms with Crippen molar-refractivity contribution in [3.63, 3.8) is 0 Å². The van der Waals surface area contributed by atoms with E-state index in [4.69, 9.17) is 0 Å². The van der Waals surface area contributed by atoms with E-state index in [0.29, 0.717) is 23.8 Å². The summed E-state index contributed by atoms with van der Waals surface area (Å²) in [7, 11) is 0. The van der Waals surface area contributed by atoms with E-state index in [2.05, 4.69) is 39.1 Å². The van der Waals surface area contributed by atoms with Crippen LogP contribution in [0.1, 0.15) is 65.4 Å². The lowest BCUT2D eigenvalue weighted by molar-refractivity contribution is -0.139. The van der Waals surface area contributed by atoms with Gasteiger partial charge < -0.3 is 10.4 Å². The summed E-state index contributed by atoms with van der Waals surface area (Å²) in [6, 6.07) is 8.26. The van der Waals surface area contributed by atoms with Crippen LogP contribution in [0.15, 0.2) is 65.4 Å². The van der Waals surface area contributed by atoms with Crippen molar-refractivity contribution in [2.75, 3.05) is 0 Å². The molecule has 3 aliphatic rings. The lowest BCUT2D eigenvalue weighted by Gasteiger charge is -2.58. The van der Waals surface area contributed by atoms with Gasteiger partial charge in [0.15, 0.2) is 5.78 Å². The first kappa shape index (κ1) is 25.2. The smallest absolute Gasteiger partial charge is 0.326 e. The molecule has 0 saturated heterocycles. The van der Waals surface area contributed by atoms with Crippen molar-refractivity contribution in [1.82, 2.24) is 5.32 Å². The van der Waals surface area contributed by atoms with Gasteiger partial charge in [-0.2, -0.15) is 0 Å². The zero-order chi connectivity index (χ0) is 25.4. The summed E-state index contributed by atoms with van der Waals surface area (Å²) >= 11 is 0. The zero-order valence-electron chi connectivity index (χ0n) is 21.3. The number of hydrogen-bond acceptors (Lipinski definition) is 4. The number of ketones is 2. The van der Waals surface area contributed by atoms with Gasteiger partial charge in [-0.1, -0.05) is 62.8 Å². The van der Waals surface area contributed by atoms with Crippen LogP contribution in [-0.2, 0) is 20.8 Å². The van der Waals surface area contributed by atoms with Gasteiger partial charge in [0, 0.05) is 18.1 Å². The molecule has 1 saturated carbocycles. The summed E-state index contributed by atoms with van der Waals surface area (Å²) in [5.41, 5.74) is 2.96. The fraction of sp³-hybridized carbons (Fsp3) is 0.500. The molecule has 5 nitrogen and oxygen atoms in total. The molecule has 35 heavy (non-hydrogen) atoms. The third-order valence-electron chi connectivity index (χ3n) is 9.24. The van der Waals surface area contributed by atoms with Gasteiger partial charge in [0.25, 0.3) is 0 Å². The van der Waals surface area contributed by atoms with Crippen molar-refractivity contribution in [3.05, 3.63) is 71.0 Å². The summed E-state index contributed by atoms with van der Waals surface area (Å²) < 4.78 is 0. The fourth-order valence-electron chi connectivity index (χ4n) is 6.71. The minimum Gasteiger partial charge on any atom is -0.480 e. The number of carbonyl (C=O) groups is 3. The molecule has 4 rings (SSSR count). The third kappa shape index (κ3) is 4.78. The monoisotopic (exact) mass is 475 g/mol. The Labute approximate surface area is 208 Å². The molecule has 1 fully saturated rings. The highest BCUT2D eigenvalue weighted by atomic mass is 16.4. The van der Waals surface area contributed by atoms with E-state index < -0.39 is 12.0 Å². The normalized spacial score (nSPS) is 31.6. The number of fused-ring (bicyclic) bond motifs is 1. The topological polar surface area (TPSA) is 83.5 Å². The van der Waals surface area contributed by atoms with E-state index in [-0.39, 0.29) is 34.5 Å².